The number of carbonyl (C=O) groups is 1. The summed E-state index contributed by atoms with van der Waals surface area (Å²) in [6.07, 6.45) is 7.18. The van der Waals surface area contributed by atoms with E-state index in [1.54, 1.807) is 18.3 Å². The van der Waals surface area contributed by atoms with E-state index in [2.05, 4.69) is 34.9 Å². The molecule has 0 spiro atoms. The molecule has 1 aliphatic heterocycles. The molecule has 1 aliphatic carbocycles. The van der Waals surface area contributed by atoms with Gasteiger partial charge in [-0.15, -0.1) is 0 Å². The van der Waals surface area contributed by atoms with E-state index in [0.717, 1.165) is 78.6 Å². The zero-order valence-corrected chi connectivity index (χ0v) is 22.0. The van der Waals surface area contributed by atoms with E-state index >= 15 is 0 Å². The van der Waals surface area contributed by atoms with Crippen LogP contribution in [0, 0.1) is 11.8 Å². The van der Waals surface area contributed by atoms with Gasteiger partial charge in [0.25, 0.3) is 0 Å². The maximum atomic E-state index is 13.3. The number of fused-ring (bicyclic) bond motifs is 1. The quantitative estimate of drug-likeness (QED) is 0.375. The van der Waals surface area contributed by atoms with Crippen molar-refractivity contribution in [3.05, 3.63) is 47.1 Å². The molecule has 7 heteroatoms. The number of ether oxygens (including phenoxy) is 1. The number of anilines is 1. The Morgan fingerprint density at radius 2 is 1.89 bits per heavy atom. The Labute approximate surface area is 217 Å². The second kappa shape index (κ2) is 10.3. The van der Waals surface area contributed by atoms with Crippen molar-refractivity contribution in [3.63, 3.8) is 0 Å². The summed E-state index contributed by atoms with van der Waals surface area (Å²) in [5, 5.41) is 11.4. The zero-order valence-electron chi connectivity index (χ0n) is 21.3. The molecule has 1 aromatic heterocycles. The number of rotatable bonds is 8. The van der Waals surface area contributed by atoms with Crippen molar-refractivity contribution in [3.8, 4) is 22.6 Å². The van der Waals surface area contributed by atoms with Gasteiger partial charge in [-0.05, 0) is 94.1 Å². The number of Topliss-reactive ketones (excluding diaryl/α,β-unsaturated/α-hetero) is 1. The average molecular weight is 508 g/mol. The molecule has 0 unspecified atom stereocenters. The first kappa shape index (κ1) is 24.8. The van der Waals surface area contributed by atoms with Crippen LogP contribution >= 0.6 is 11.6 Å². The van der Waals surface area contributed by atoms with Gasteiger partial charge < -0.3 is 19.6 Å². The van der Waals surface area contributed by atoms with Crippen molar-refractivity contribution >= 4 is 34.0 Å². The summed E-state index contributed by atoms with van der Waals surface area (Å²) >= 11 is 6.29. The monoisotopic (exact) mass is 507 g/mol. The number of hydrogen-bond donors (Lipinski definition) is 1. The number of pyridine rings is 1. The number of aromatic hydroxyl groups is 1. The SMILES string of the molecule is COc1cc(-c2ccc3ncc(C(=O)C4CC4)c(N4CCC(CCN(C)C)CC4)c3c2)cc(Cl)c1O. The fourth-order valence-electron chi connectivity index (χ4n) is 5.23. The first-order valence-corrected chi connectivity index (χ1v) is 13.2. The number of methoxy groups -OCH3 is 1. The third-order valence-electron chi connectivity index (χ3n) is 7.55. The minimum absolute atomic E-state index is 0.0690. The van der Waals surface area contributed by atoms with Crippen LogP contribution in [0.4, 0.5) is 5.69 Å². The van der Waals surface area contributed by atoms with Gasteiger partial charge in [0.05, 0.1) is 28.9 Å². The van der Waals surface area contributed by atoms with E-state index in [9.17, 15) is 9.90 Å². The number of ketones is 1. The molecule has 0 bridgehead atoms. The van der Waals surface area contributed by atoms with Gasteiger partial charge in [0.2, 0.25) is 0 Å². The first-order valence-electron chi connectivity index (χ1n) is 12.8. The lowest BCUT2D eigenvalue weighted by Gasteiger charge is -2.35. The predicted molar refractivity (Wildman–Crippen MR) is 146 cm³/mol. The van der Waals surface area contributed by atoms with Gasteiger partial charge in [0.1, 0.15) is 0 Å². The summed E-state index contributed by atoms with van der Waals surface area (Å²) < 4.78 is 5.32. The van der Waals surface area contributed by atoms with Gasteiger partial charge in [-0.3, -0.25) is 9.78 Å². The Morgan fingerprint density at radius 3 is 2.56 bits per heavy atom. The highest BCUT2D eigenvalue weighted by atomic mass is 35.5. The summed E-state index contributed by atoms with van der Waals surface area (Å²) in [6, 6.07) is 9.61. The maximum Gasteiger partial charge on any atom is 0.176 e. The Balaban J connectivity index is 1.56. The molecule has 1 saturated carbocycles. The largest absolute Gasteiger partial charge is 0.503 e. The van der Waals surface area contributed by atoms with Crippen LogP contribution in [0.25, 0.3) is 22.0 Å². The normalized spacial score (nSPS) is 16.6. The van der Waals surface area contributed by atoms with Crippen molar-refractivity contribution in [1.82, 2.24) is 9.88 Å². The number of nitrogens with zero attached hydrogens (tertiary/aromatic N) is 3. The molecule has 2 aromatic carbocycles. The second-order valence-electron chi connectivity index (χ2n) is 10.4. The lowest BCUT2D eigenvalue weighted by atomic mass is 9.91. The highest BCUT2D eigenvalue weighted by Gasteiger charge is 2.34. The summed E-state index contributed by atoms with van der Waals surface area (Å²) in [4.78, 5) is 22.7. The van der Waals surface area contributed by atoms with Crippen LogP contribution < -0.4 is 9.64 Å². The third kappa shape index (κ3) is 5.02. The van der Waals surface area contributed by atoms with Crippen LogP contribution in [0.15, 0.2) is 36.5 Å². The van der Waals surface area contributed by atoms with Gasteiger partial charge in [-0.25, -0.2) is 0 Å². The van der Waals surface area contributed by atoms with E-state index in [0.29, 0.717) is 11.7 Å². The number of benzene rings is 2. The summed E-state index contributed by atoms with van der Waals surface area (Å²) in [7, 11) is 5.76. The average Bonchev–Trinajstić information content (AvgIpc) is 3.73. The van der Waals surface area contributed by atoms with Crippen molar-refractivity contribution in [2.45, 2.75) is 32.1 Å². The van der Waals surface area contributed by atoms with Crippen LogP contribution in [-0.2, 0) is 0 Å². The Morgan fingerprint density at radius 1 is 1.14 bits per heavy atom. The van der Waals surface area contributed by atoms with Gasteiger partial charge in [0, 0.05) is 30.6 Å². The van der Waals surface area contributed by atoms with Crippen molar-refractivity contribution in [2.75, 3.05) is 45.7 Å². The lowest BCUT2D eigenvalue weighted by Crippen LogP contribution is -2.35. The lowest BCUT2D eigenvalue weighted by molar-refractivity contribution is 0.0968. The molecule has 3 aromatic rings. The van der Waals surface area contributed by atoms with E-state index in [-0.39, 0.29) is 22.5 Å². The fourth-order valence-corrected chi connectivity index (χ4v) is 5.44. The molecule has 1 N–H and O–H groups in total. The number of phenolic OH excluding ortho intramolecular Hbond substituents is 1. The van der Waals surface area contributed by atoms with E-state index < -0.39 is 0 Å². The van der Waals surface area contributed by atoms with Crippen LogP contribution in [-0.4, -0.2) is 61.6 Å². The zero-order chi connectivity index (χ0) is 25.4. The van der Waals surface area contributed by atoms with Gasteiger partial charge >= 0.3 is 0 Å². The number of carbonyl (C=O) groups excluding carboxylic acids is 1. The standard InChI is InChI=1S/C29H34ClN3O3/c1-32(2)11-8-18-9-12-33(13-10-18)27-22-14-20(21-15-24(30)29(35)26(16-21)36-3)6-7-25(22)31-17-23(27)28(34)19-4-5-19/h6-7,14-19,35H,4-5,8-13H2,1-3H3. The number of piperidine rings is 1. The summed E-state index contributed by atoms with van der Waals surface area (Å²) in [5.74, 6) is 1.31. The molecule has 0 amide bonds. The van der Waals surface area contributed by atoms with Crippen molar-refractivity contribution < 1.29 is 14.6 Å². The second-order valence-corrected chi connectivity index (χ2v) is 10.8. The molecule has 2 fully saturated rings. The van der Waals surface area contributed by atoms with Crippen LogP contribution in [0.2, 0.25) is 5.02 Å². The number of aromatic nitrogens is 1. The summed E-state index contributed by atoms with van der Waals surface area (Å²) in [6.45, 7) is 2.98. The number of phenols is 1. The molecule has 190 valence electrons. The number of hydrogen-bond acceptors (Lipinski definition) is 6. The van der Waals surface area contributed by atoms with Crippen molar-refractivity contribution in [1.29, 1.82) is 0 Å². The molecular weight excluding hydrogens is 474 g/mol. The third-order valence-corrected chi connectivity index (χ3v) is 7.84. The Hall–Kier alpha value is -2.83. The molecule has 5 rings (SSSR count). The van der Waals surface area contributed by atoms with Gasteiger partial charge in [-0.2, -0.15) is 0 Å². The van der Waals surface area contributed by atoms with Crippen LogP contribution in [0.5, 0.6) is 11.5 Å². The van der Waals surface area contributed by atoms with Crippen LogP contribution in [0.3, 0.4) is 0 Å². The van der Waals surface area contributed by atoms with Gasteiger partial charge in [-0.1, -0.05) is 17.7 Å². The molecule has 6 nitrogen and oxygen atoms in total. The van der Waals surface area contributed by atoms with Gasteiger partial charge in [0.15, 0.2) is 17.3 Å². The number of halogens is 1. The van der Waals surface area contributed by atoms with E-state index in [1.807, 2.05) is 12.1 Å². The topological polar surface area (TPSA) is 65.9 Å². The molecular formula is C29H34ClN3O3. The minimum atomic E-state index is -0.0690. The van der Waals surface area contributed by atoms with E-state index in [1.165, 1.54) is 13.5 Å². The molecule has 0 atom stereocenters. The van der Waals surface area contributed by atoms with Crippen molar-refractivity contribution in [2.24, 2.45) is 11.8 Å². The molecule has 2 aliphatic rings. The predicted octanol–water partition coefficient (Wildman–Crippen LogP) is 6.03. The van der Waals surface area contributed by atoms with E-state index in [4.69, 9.17) is 16.3 Å². The highest BCUT2D eigenvalue weighted by Crippen LogP contribution is 2.42. The van der Waals surface area contributed by atoms with Crippen LogP contribution in [0.1, 0.15) is 42.5 Å². The molecule has 1 saturated heterocycles. The maximum absolute atomic E-state index is 13.3. The fraction of sp³-hybridized carbons (Fsp3) is 0.448. The smallest absolute Gasteiger partial charge is 0.176 e. The summed E-state index contributed by atoms with van der Waals surface area (Å²) in [5.41, 5.74) is 4.40. The Kier molecular flexibility index (Phi) is 7.09. The molecule has 0 radical (unpaired) electrons. The molecule has 2 heterocycles. The Bertz CT molecular complexity index is 1280. The highest BCUT2D eigenvalue weighted by molar-refractivity contribution is 6.32. The molecule has 36 heavy (non-hydrogen) atoms. The first-order chi connectivity index (χ1) is 17.4. The minimum Gasteiger partial charge on any atom is -0.503 e.